The van der Waals surface area contributed by atoms with Crippen molar-refractivity contribution in [2.24, 2.45) is 0 Å². The van der Waals surface area contributed by atoms with E-state index in [0.29, 0.717) is 12.8 Å². The van der Waals surface area contributed by atoms with Gasteiger partial charge in [-0.3, -0.25) is 4.79 Å². The van der Waals surface area contributed by atoms with E-state index in [2.05, 4.69) is 21.2 Å². The highest BCUT2D eigenvalue weighted by Gasteiger charge is 2.16. The number of carboxylic acid groups (broad SMARTS) is 1. The van der Waals surface area contributed by atoms with Gasteiger partial charge in [-0.2, -0.15) is 0 Å². The lowest BCUT2D eigenvalue weighted by Crippen LogP contribution is -2.37. The molecule has 0 radical (unpaired) electrons. The van der Waals surface area contributed by atoms with Gasteiger partial charge in [0.15, 0.2) is 6.10 Å². The van der Waals surface area contributed by atoms with Crippen LogP contribution in [0.3, 0.4) is 0 Å². The summed E-state index contributed by atoms with van der Waals surface area (Å²) in [6.07, 6.45) is -0.0711. The van der Waals surface area contributed by atoms with Gasteiger partial charge in [-0.15, -0.1) is 0 Å². The van der Waals surface area contributed by atoms with Crippen molar-refractivity contribution < 1.29 is 19.4 Å². The molecule has 0 bridgehead atoms. The molecular formula is C13H16BrNO4. The van der Waals surface area contributed by atoms with E-state index in [0.717, 1.165) is 10.0 Å². The minimum Gasteiger partial charge on any atom is -0.479 e. The summed E-state index contributed by atoms with van der Waals surface area (Å²) in [6, 6.07) is 7.70. The zero-order chi connectivity index (χ0) is 14.3. The molecule has 0 spiro atoms. The first-order valence-electron chi connectivity index (χ1n) is 5.79. The van der Waals surface area contributed by atoms with E-state index >= 15 is 0 Å². The molecule has 1 atom stereocenters. The number of aryl methyl sites for hydroxylation is 1. The molecule has 1 aromatic rings. The number of carbonyl (C=O) groups excluding carboxylic acids is 1. The fraction of sp³-hybridized carbons (Fsp3) is 0.385. The number of rotatable bonds is 7. The highest BCUT2D eigenvalue weighted by molar-refractivity contribution is 9.10. The van der Waals surface area contributed by atoms with Crippen molar-refractivity contribution >= 4 is 27.8 Å². The summed E-state index contributed by atoms with van der Waals surface area (Å²) in [6.45, 7) is -0.0228. The summed E-state index contributed by atoms with van der Waals surface area (Å²) < 4.78 is 5.71. The minimum absolute atomic E-state index is 0.0228. The van der Waals surface area contributed by atoms with Gasteiger partial charge in [-0.1, -0.05) is 28.1 Å². The fourth-order valence-electron chi connectivity index (χ4n) is 1.48. The summed E-state index contributed by atoms with van der Waals surface area (Å²) in [5.41, 5.74) is 1.06. The summed E-state index contributed by atoms with van der Waals surface area (Å²) in [4.78, 5) is 22.2. The maximum absolute atomic E-state index is 11.6. The van der Waals surface area contributed by atoms with Crippen molar-refractivity contribution in [1.82, 2.24) is 5.32 Å². The smallest absolute Gasteiger partial charge is 0.334 e. The first-order valence-corrected chi connectivity index (χ1v) is 6.59. The van der Waals surface area contributed by atoms with E-state index in [1.165, 1.54) is 7.11 Å². The predicted octanol–water partition coefficient (Wildman–Crippen LogP) is 1.60. The van der Waals surface area contributed by atoms with Crippen LogP contribution in [0.5, 0.6) is 0 Å². The Morgan fingerprint density at radius 3 is 2.53 bits per heavy atom. The van der Waals surface area contributed by atoms with Gasteiger partial charge in [0.05, 0.1) is 6.54 Å². The van der Waals surface area contributed by atoms with E-state index in [4.69, 9.17) is 9.84 Å². The van der Waals surface area contributed by atoms with Crippen molar-refractivity contribution in [3.63, 3.8) is 0 Å². The molecule has 0 aromatic heterocycles. The Kier molecular flexibility index (Phi) is 6.52. The molecular weight excluding hydrogens is 314 g/mol. The van der Waals surface area contributed by atoms with Crippen LogP contribution < -0.4 is 5.32 Å². The number of hydrogen-bond donors (Lipinski definition) is 2. The number of methoxy groups -OCH3 is 1. The van der Waals surface area contributed by atoms with Crippen molar-refractivity contribution in [3.8, 4) is 0 Å². The van der Waals surface area contributed by atoms with E-state index in [1.807, 2.05) is 24.3 Å². The summed E-state index contributed by atoms with van der Waals surface area (Å²) in [7, 11) is 1.30. The molecule has 1 aromatic carbocycles. The minimum atomic E-state index is -1.09. The molecule has 0 saturated carbocycles. The second kappa shape index (κ2) is 7.91. The number of amides is 1. The van der Waals surface area contributed by atoms with Gasteiger partial charge < -0.3 is 15.2 Å². The van der Waals surface area contributed by atoms with Crippen LogP contribution in [0.1, 0.15) is 12.0 Å². The molecule has 104 valence electrons. The molecule has 0 aliphatic heterocycles. The number of carbonyl (C=O) groups is 2. The van der Waals surface area contributed by atoms with Crippen LogP contribution in [-0.4, -0.2) is 36.7 Å². The normalized spacial score (nSPS) is 11.9. The summed E-state index contributed by atoms with van der Waals surface area (Å²) in [5.74, 6) is -1.28. The van der Waals surface area contributed by atoms with Gasteiger partial charge in [-0.25, -0.2) is 4.79 Å². The molecule has 0 heterocycles. The standard InChI is InChI=1S/C13H16BrNO4/c1-19-11(13(17)18)8-15-12(16)7-4-9-2-5-10(14)6-3-9/h2-3,5-6,11H,4,7-8H2,1H3,(H,15,16)(H,17,18). The number of benzene rings is 1. The quantitative estimate of drug-likeness (QED) is 0.796. The lowest BCUT2D eigenvalue weighted by atomic mass is 10.1. The maximum atomic E-state index is 11.6. The predicted molar refractivity (Wildman–Crippen MR) is 73.9 cm³/mol. The molecule has 0 fully saturated rings. The van der Waals surface area contributed by atoms with Crippen LogP contribution in [0.4, 0.5) is 0 Å². The lowest BCUT2D eigenvalue weighted by Gasteiger charge is -2.11. The van der Waals surface area contributed by atoms with Crippen molar-refractivity contribution in [3.05, 3.63) is 34.3 Å². The van der Waals surface area contributed by atoms with Gasteiger partial charge in [-0.05, 0) is 24.1 Å². The van der Waals surface area contributed by atoms with E-state index in [9.17, 15) is 9.59 Å². The molecule has 19 heavy (non-hydrogen) atoms. The SMILES string of the molecule is COC(CNC(=O)CCc1ccc(Br)cc1)C(=O)O. The first kappa shape index (κ1) is 15.7. The van der Waals surface area contributed by atoms with E-state index in [-0.39, 0.29) is 12.5 Å². The van der Waals surface area contributed by atoms with Crippen LogP contribution in [0, 0.1) is 0 Å². The second-order valence-corrected chi connectivity index (χ2v) is 4.91. The van der Waals surface area contributed by atoms with Crippen molar-refractivity contribution in [2.45, 2.75) is 18.9 Å². The monoisotopic (exact) mass is 329 g/mol. The van der Waals surface area contributed by atoms with Gasteiger partial charge in [0, 0.05) is 18.0 Å². The Balaban J connectivity index is 2.31. The largest absolute Gasteiger partial charge is 0.479 e. The Morgan fingerprint density at radius 2 is 2.00 bits per heavy atom. The van der Waals surface area contributed by atoms with Gasteiger partial charge >= 0.3 is 5.97 Å². The second-order valence-electron chi connectivity index (χ2n) is 3.99. The van der Waals surface area contributed by atoms with E-state index < -0.39 is 12.1 Å². The molecule has 0 aliphatic rings. The number of nitrogens with one attached hydrogen (secondary N) is 1. The van der Waals surface area contributed by atoms with Crippen LogP contribution in [-0.2, 0) is 20.7 Å². The summed E-state index contributed by atoms with van der Waals surface area (Å²) in [5, 5.41) is 11.3. The molecule has 1 rings (SSSR count). The molecule has 1 amide bonds. The van der Waals surface area contributed by atoms with Crippen LogP contribution in [0.2, 0.25) is 0 Å². The van der Waals surface area contributed by atoms with Crippen molar-refractivity contribution in [2.75, 3.05) is 13.7 Å². The molecule has 6 heteroatoms. The molecule has 1 unspecified atom stereocenters. The fourth-order valence-corrected chi connectivity index (χ4v) is 1.74. The number of hydrogen-bond acceptors (Lipinski definition) is 3. The van der Waals surface area contributed by atoms with Crippen LogP contribution >= 0.6 is 15.9 Å². The Bertz CT molecular complexity index is 433. The number of halogens is 1. The van der Waals surface area contributed by atoms with Gasteiger partial charge in [0.2, 0.25) is 5.91 Å². The molecule has 0 saturated heterocycles. The third kappa shape index (κ3) is 5.85. The Labute approximate surface area is 120 Å². The molecule has 2 N–H and O–H groups in total. The average Bonchev–Trinajstić information content (AvgIpc) is 2.38. The van der Waals surface area contributed by atoms with E-state index in [1.54, 1.807) is 0 Å². The Morgan fingerprint density at radius 1 is 1.37 bits per heavy atom. The number of ether oxygens (including phenoxy) is 1. The Hall–Kier alpha value is -1.40. The third-order valence-corrected chi connectivity index (χ3v) is 3.13. The van der Waals surface area contributed by atoms with Crippen molar-refractivity contribution in [1.29, 1.82) is 0 Å². The third-order valence-electron chi connectivity index (χ3n) is 2.60. The highest BCUT2D eigenvalue weighted by Crippen LogP contribution is 2.11. The number of carboxylic acids is 1. The topological polar surface area (TPSA) is 75.6 Å². The van der Waals surface area contributed by atoms with Crippen LogP contribution in [0.15, 0.2) is 28.7 Å². The zero-order valence-electron chi connectivity index (χ0n) is 10.6. The van der Waals surface area contributed by atoms with Crippen LogP contribution in [0.25, 0.3) is 0 Å². The first-order chi connectivity index (χ1) is 9.02. The summed E-state index contributed by atoms with van der Waals surface area (Å²) >= 11 is 3.34. The lowest BCUT2D eigenvalue weighted by molar-refractivity contribution is -0.148. The molecule has 5 nitrogen and oxygen atoms in total. The molecule has 0 aliphatic carbocycles. The average molecular weight is 330 g/mol. The zero-order valence-corrected chi connectivity index (χ0v) is 12.1. The highest BCUT2D eigenvalue weighted by atomic mass is 79.9. The number of aliphatic carboxylic acids is 1. The maximum Gasteiger partial charge on any atom is 0.334 e. The van der Waals surface area contributed by atoms with Gasteiger partial charge in [0.25, 0.3) is 0 Å². The van der Waals surface area contributed by atoms with Gasteiger partial charge in [0.1, 0.15) is 0 Å².